The zero-order valence-electron chi connectivity index (χ0n) is 13.0. The molecule has 0 aliphatic carbocycles. The molecule has 4 aromatic heterocycles. The summed E-state index contributed by atoms with van der Waals surface area (Å²) in [6.07, 6.45) is 0. The number of oxazole rings is 1. The van der Waals surface area contributed by atoms with Crippen LogP contribution in [0.3, 0.4) is 0 Å². The fraction of sp³-hybridized carbons (Fsp3) is 0. The van der Waals surface area contributed by atoms with Crippen molar-refractivity contribution in [1.82, 2.24) is 9.97 Å². The quantitative estimate of drug-likeness (QED) is 0.376. The van der Waals surface area contributed by atoms with Crippen molar-refractivity contribution in [2.24, 2.45) is 0 Å². The first kappa shape index (κ1) is 14.6. The summed E-state index contributed by atoms with van der Waals surface area (Å²) >= 11 is 3.31. The van der Waals surface area contributed by atoms with Gasteiger partial charge in [-0.25, -0.2) is 9.97 Å². The van der Waals surface area contributed by atoms with E-state index in [1.807, 2.05) is 41.8 Å². The van der Waals surface area contributed by atoms with E-state index >= 15 is 0 Å². The van der Waals surface area contributed by atoms with Gasteiger partial charge in [-0.1, -0.05) is 36.4 Å². The van der Waals surface area contributed by atoms with Crippen LogP contribution in [0.25, 0.3) is 43.7 Å². The van der Waals surface area contributed by atoms with Crippen LogP contribution < -0.4 is 0 Å². The zero-order chi connectivity index (χ0) is 16.6. The lowest BCUT2D eigenvalue weighted by Gasteiger charge is -1.99. The number of benzene rings is 1. The first-order valence-corrected chi connectivity index (χ1v) is 9.59. The van der Waals surface area contributed by atoms with Gasteiger partial charge < -0.3 is 4.42 Å². The summed E-state index contributed by atoms with van der Waals surface area (Å²) in [5, 5.41) is 5.20. The van der Waals surface area contributed by atoms with Crippen LogP contribution >= 0.6 is 22.7 Å². The van der Waals surface area contributed by atoms with Gasteiger partial charge in [-0.2, -0.15) is 0 Å². The molecule has 0 radical (unpaired) electrons. The van der Waals surface area contributed by atoms with Crippen molar-refractivity contribution in [3.63, 3.8) is 0 Å². The van der Waals surface area contributed by atoms with Crippen LogP contribution in [0.5, 0.6) is 0 Å². The van der Waals surface area contributed by atoms with Gasteiger partial charge in [0.15, 0.2) is 5.76 Å². The largest absolute Gasteiger partial charge is 0.433 e. The summed E-state index contributed by atoms with van der Waals surface area (Å²) in [5.41, 5.74) is 2.57. The van der Waals surface area contributed by atoms with Crippen LogP contribution in [0, 0.1) is 0 Å². The predicted octanol–water partition coefficient (Wildman–Crippen LogP) is 6.35. The van der Waals surface area contributed by atoms with Crippen LogP contribution in [0.2, 0.25) is 0 Å². The lowest BCUT2D eigenvalue weighted by molar-refractivity contribution is 0.588. The van der Waals surface area contributed by atoms with E-state index in [0.717, 1.165) is 37.8 Å². The number of aromatic nitrogens is 2. The topological polar surface area (TPSA) is 38.9 Å². The molecule has 25 heavy (non-hydrogen) atoms. The minimum Gasteiger partial charge on any atom is -0.433 e. The molecule has 0 fully saturated rings. The van der Waals surface area contributed by atoms with Crippen LogP contribution in [0.15, 0.2) is 75.8 Å². The van der Waals surface area contributed by atoms with E-state index in [9.17, 15) is 0 Å². The van der Waals surface area contributed by atoms with E-state index in [4.69, 9.17) is 14.4 Å². The van der Waals surface area contributed by atoms with Crippen LogP contribution in [-0.4, -0.2) is 9.97 Å². The molecule has 0 aliphatic heterocycles. The molecular formula is C20H12N2OS2. The Morgan fingerprint density at radius 2 is 1.52 bits per heavy atom. The third kappa shape index (κ3) is 2.58. The fourth-order valence-electron chi connectivity index (χ4n) is 2.77. The molecule has 3 nitrogen and oxygen atoms in total. The van der Waals surface area contributed by atoms with Crippen molar-refractivity contribution in [2.45, 2.75) is 0 Å². The highest BCUT2D eigenvalue weighted by molar-refractivity contribution is 7.14. The van der Waals surface area contributed by atoms with Gasteiger partial charge in [0.05, 0.1) is 15.3 Å². The summed E-state index contributed by atoms with van der Waals surface area (Å²) in [6, 6.07) is 20.2. The van der Waals surface area contributed by atoms with Gasteiger partial charge in [0.1, 0.15) is 11.4 Å². The van der Waals surface area contributed by atoms with E-state index in [0.29, 0.717) is 5.89 Å². The summed E-state index contributed by atoms with van der Waals surface area (Å²) < 4.78 is 6.16. The van der Waals surface area contributed by atoms with Crippen molar-refractivity contribution in [3.8, 4) is 32.8 Å². The summed E-state index contributed by atoms with van der Waals surface area (Å²) in [7, 11) is 0. The molecule has 0 unspecified atom stereocenters. The summed E-state index contributed by atoms with van der Waals surface area (Å²) in [6.45, 7) is 0. The highest BCUT2D eigenvalue weighted by atomic mass is 32.1. The van der Waals surface area contributed by atoms with E-state index < -0.39 is 0 Å². The van der Waals surface area contributed by atoms with Gasteiger partial charge in [0.2, 0.25) is 5.89 Å². The molecule has 0 bridgehead atoms. The van der Waals surface area contributed by atoms with Crippen molar-refractivity contribution in [3.05, 3.63) is 71.4 Å². The third-order valence-corrected chi connectivity index (χ3v) is 5.69. The highest BCUT2D eigenvalue weighted by Crippen LogP contribution is 2.39. The lowest BCUT2D eigenvalue weighted by atomic mass is 10.2. The van der Waals surface area contributed by atoms with Gasteiger partial charge in [0.25, 0.3) is 0 Å². The molecule has 0 N–H and O–H groups in total. The Morgan fingerprint density at radius 1 is 0.720 bits per heavy atom. The monoisotopic (exact) mass is 360 g/mol. The number of thiophene rings is 2. The third-order valence-electron chi connectivity index (χ3n) is 3.94. The second-order valence-electron chi connectivity index (χ2n) is 5.54. The Labute approximate surface area is 152 Å². The maximum Gasteiger partial charge on any atom is 0.246 e. The average molecular weight is 360 g/mol. The number of hydrogen-bond donors (Lipinski definition) is 0. The van der Waals surface area contributed by atoms with E-state index in [-0.39, 0.29) is 0 Å². The molecule has 4 heterocycles. The Bertz CT molecular complexity index is 1090. The maximum atomic E-state index is 6.16. The number of hydrogen-bond acceptors (Lipinski definition) is 5. The van der Waals surface area contributed by atoms with Gasteiger partial charge in [-0.3, -0.25) is 0 Å². The molecule has 0 aliphatic rings. The van der Waals surface area contributed by atoms with E-state index in [1.54, 1.807) is 22.7 Å². The standard InChI is InChI=1S/C20H12N2OS2/c1-2-6-14-13(5-1)9-10-15(21-14)20-22-18(16-7-3-11-24-16)19(23-20)17-8-4-12-25-17/h1-12H. The molecule has 5 heteroatoms. The Hall–Kier alpha value is -2.76. The highest BCUT2D eigenvalue weighted by Gasteiger charge is 2.20. The summed E-state index contributed by atoms with van der Waals surface area (Å²) in [4.78, 5) is 11.7. The van der Waals surface area contributed by atoms with Gasteiger partial charge in [0, 0.05) is 5.39 Å². The Balaban J connectivity index is 1.70. The normalized spacial score (nSPS) is 11.2. The number of fused-ring (bicyclic) bond motifs is 1. The molecule has 0 saturated heterocycles. The van der Waals surface area contributed by atoms with Gasteiger partial charge in [-0.05, 0) is 35.0 Å². The van der Waals surface area contributed by atoms with Crippen LogP contribution in [0.4, 0.5) is 0 Å². The van der Waals surface area contributed by atoms with Crippen molar-refractivity contribution >= 4 is 33.6 Å². The molecule has 0 atom stereocenters. The minimum atomic E-state index is 0.553. The summed E-state index contributed by atoms with van der Waals surface area (Å²) in [5.74, 6) is 1.36. The minimum absolute atomic E-state index is 0.553. The second kappa shape index (κ2) is 5.95. The number of rotatable bonds is 3. The molecule has 1 aromatic carbocycles. The number of para-hydroxylation sites is 1. The number of nitrogens with zero attached hydrogens (tertiary/aromatic N) is 2. The molecule has 0 saturated carbocycles. The lowest BCUT2D eigenvalue weighted by Crippen LogP contribution is -1.85. The van der Waals surface area contributed by atoms with Crippen molar-refractivity contribution in [1.29, 1.82) is 0 Å². The first-order valence-electron chi connectivity index (χ1n) is 7.83. The molecule has 0 spiro atoms. The maximum absolute atomic E-state index is 6.16. The smallest absolute Gasteiger partial charge is 0.246 e. The SMILES string of the molecule is c1csc(-c2nc(-c3ccc4ccccc4n3)oc2-c2cccs2)c1. The fourth-order valence-corrected chi connectivity index (χ4v) is 4.19. The van der Waals surface area contributed by atoms with Crippen molar-refractivity contribution < 1.29 is 4.42 Å². The Morgan fingerprint density at radius 3 is 2.32 bits per heavy atom. The van der Waals surface area contributed by atoms with E-state index in [1.165, 1.54) is 0 Å². The number of pyridine rings is 1. The average Bonchev–Trinajstić information content (AvgIpc) is 3.41. The van der Waals surface area contributed by atoms with Gasteiger partial charge >= 0.3 is 0 Å². The second-order valence-corrected chi connectivity index (χ2v) is 7.44. The van der Waals surface area contributed by atoms with Gasteiger partial charge in [-0.15, -0.1) is 22.7 Å². The van der Waals surface area contributed by atoms with Crippen LogP contribution in [0.1, 0.15) is 0 Å². The molecule has 0 amide bonds. The van der Waals surface area contributed by atoms with E-state index in [2.05, 4.69) is 29.6 Å². The molecule has 120 valence electrons. The zero-order valence-corrected chi connectivity index (χ0v) is 14.7. The molecule has 5 aromatic rings. The Kier molecular flexibility index (Phi) is 3.47. The predicted molar refractivity (Wildman–Crippen MR) is 104 cm³/mol. The molecular weight excluding hydrogens is 348 g/mol. The molecule has 5 rings (SSSR count). The first-order chi connectivity index (χ1) is 12.4. The van der Waals surface area contributed by atoms with Crippen LogP contribution in [-0.2, 0) is 0 Å². The van der Waals surface area contributed by atoms with Crippen molar-refractivity contribution in [2.75, 3.05) is 0 Å².